The molecule has 3 aliphatic rings. The van der Waals surface area contributed by atoms with Crippen LogP contribution in [-0.4, -0.2) is 27.4 Å². The van der Waals surface area contributed by atoms with Crippen LogP contribution in [0, 0.1) is 11.8 Å². The van der Waals surface area contributed by atoms with E-state index in [9.17, 15) is 0 Å². The van der Waals surface area contributed by atoms with Gasteiger partial charge in [-0.1, -0.05) is 32.6 Å². The summed E-state index contributed by atoms with van der Waals surface area (Å²) in [6, 6.07) is 0.572. The van der Waals surface area contributed by atoms with Crippen LogP contribution in [0.3, 0.4) is 0 Å². The summed E-state index contributed by atoms with van der Waals surface area (Å²) >= 11 is 6.61. The van der Waals surface area contributed by atoms with Crippen LogP contribution in [0.25, 0.3) is 0 Å². The lowest BCUT2D eigenvalue weighted by Gasteiger charge is -2.33. The molecule has 1 aromatic rings. The van der Waals surface area contributed by atoms with Crippen molar-refractivity contribution in [1.29, 1.82) is 0 Å². The van der Waals surface area contributed by atoms with Gasteiger partial charge in [-0.15, -0.1) is 0 Å². The van der Waals surface area contributed by atoms with Crippen LogP contribution in [0.1, 0.15) is 70.2 Å². The van der Waals surface area contributed by atoms with Gasteiger partial charge in [-0.25, -0.2) is 9.98 Å². The van der Waals surface area contributed by atoms with Gasteiger partial charge in [0.1, 0.15) is 17.7 Å². The van der Waals surface area contributed by atoms with E-state index in [-0.39, 0.29) is 6.17 Å². The molecule has 138 valence electrons. The van der Waals surface area contributed by atoms with E-state index in [4.69, 9.17) is 16.6 Å². The maximum absolute atomic E-state index is 6.61. The molecule has 25 heavy (non-hydrogen) atoms. The Morgan fingerprint density at radius 2 is 2.12 bits per heavy atom. The number of halogens is 1. The van der Waals surface area contributed by atoms with E-state index >= 15 is 0 Å². The van der Waals surface area contributed by atoms with E-state index in [1.54, 1.807) is 0 Å². The molecule has 0 spiro atoms. The van der Waals surface area contributed by atoms with Gasteiger partial charge < -0.3 is 9.47 Å². The van der Waals surface area contributed by atoms with Gasteiger partial charge in [-0.3, -0.25) is 5.32 Å². The van der Waals surface area contributed by atoms with Crippen LogP contribution in [0.5, 0.6) is 0 Å². The molecule has 2 fully saturated rings. The first kappa shape index (κ1) is 17.3. The molecule has 0 radical (unpaired) electrons. The Labute approximate surface area is 155 Å². The highest BCUT2D eigenvalue weighted by Gasteiger charge is 2.41. The number of rotatable bonds is 7. The fourth-order valence-electron chi connectivity index (χ4n) is 4.95. The smallest absolute Gasteiger partial charge is 0.201 e. The molecule has 2 aliphatic carbocycles. The minimum atomic E-state index is -0.0973. The first-order chi connectivity index (χ1) is 12.2. The molecule has 4 unspecified atom stereocenters. The predicted molar refractivity (Wildman–Crippen MR) is 103 cm³/mol. The van der Waals surface area contributed by atoms with Crippen LogP contribution in [-0.2, 0) is 7.05 Å². The number of nitrogens with zero attached hydrogens (tertiary/aromatic N) is 4. The maximum Gasteiger partial charge on any atom is 0.201 e. The standard InChI is InChI=1S/C19H30ClN5/c1-3-4-5-6-9-25-18-16(21-12-24(18)2)17(23-19(25)20)22-15-11-13-7-8-14(15)10-13/h12-15,17,22H,3-11H2,1-2H3. The molecule has 0 saturated heterocycles. The van der Waals surface area contributed by atoms with Crippen LogP contribution in [0.2, 0.25) is 0 Å². The maximum atomic E-state index is 6.61. The lowest BCUT2D eigenvalue weighted by Crippen LogP contribution is -2.41. The van der Waals surface area contributed by atoms with Crippen molar-refractivity contribution in [3.8, 4) is 0 Å². The van der Waals surface area contributed by atoms with Crippen molar-refractivity contribution < 1.29 is 0 Å². The molecule has 2 heterocycles. The summed E-state index contributed by atoms with van der Waals surface area (Å²) < 4.78 is 2.09. The molecule has 4 rings (SSSR count). The molecular formula is C19H30ClN5. The summed E-state index contributed by atoms with van der Waals surface area (Å²) in [5.74, 6) is 2.85. The van der Waals surface area contributed by atoms with E-state index in [0.717, 1.165) is 36.3 Å². The van der Waals surface area contributed by atoms with Gasteiger partial charge in [0.2, 0.25) is 5.29 Å². The molecule has 1 N–H and O–H groups in total. The summed E-state index contributed by atoms with van der Waals surface area (Å²) in [5.41, 5.74) is 1.03. The van der Waals surface area contributed by atoms with E-state index < -0.39 is 0 Å². The molecule has 6 heteroatoms. The Morgan fingerprint density at radius 1 is 1.24 bits per heavy atom. The summed E-state index contributed by atoms with van der Waals surface area (Å²) in [4.78, 5) is 11.6. The fraction of sp³-hybridized carbons (Fsp3) is 0.789. The van der Waals surface area contributed by atoms with E-state index in [2.05, 4.69) is 33.7 Å². The monoisotopic (exact) mass is 363 g/mol. The average molecular weight is 364 g/mol. The molecule has 2 saturated carbocycles. The third-order valence-corrected chi connectivity index (χ3v) is 6.55. The molecule has 0 amide bonds. The highest BCUT2D eigenvalue weighted by atomic mass is 35.5. The number of hydrogen-bond acceptors (Lipinski definition) is 4. The molecular weight excluding hydrogens is 334 g/mol. The van der Waals surface area contributed by atoms with Crippen molar-refractivity contribution in [1.82, 2.24) is 14.9 Å². The third-order valence-electron chi connectivity index (χ3n) is 6.25. The Balaban J connectivity index is 1.49. The predicted octanol–water partition coefficient (Wildman–Crippen LogP) is 4.19. The van der Waals surface area contributed by atoms with E-state index in [1.807, 2.05) is 6.33 Å². The molecule has 1 aliphatic heterocycles. The van der Waals surface area contributed by atoms with Gasteiger partial charge in [0.25, 0.3) is 0 Å². The summed E-state index contributed by atoms with van der Waals surface area (Å²) in [5, 5.41) is 4.38. The number of anilines is 1. The van der Waals surface area contributed by atoms with Gasteiger partial charge in [0.15, 0.2) is 0 Å². The first-order valence-corrected chi connectivity index (χ1v) is 10.3. The topological polar surface area (TPSA) is 45.4 Å². The summed E-state index contributed by atoms with van der Waals surface area (Å²) in [6.07, 6.45) is 12.1. The number of nitrogens with one attached hydrogen (secondary N) is 1. The number of aliphatic imine (C=N–C) groups is 1. The molecule has 5 nitrogen and oxygen atoms in total. The second-order valence-electron chi connectivity index (χ2n) is 8.03. The van der Waals surface area contributed by atoms with Crippen molar-refractivity contribution in [3.05, 3.63) is 12.0 Å². The van der Waals surface area contributed by atoms with Gasteiger partial charge in [0, 0.05) is 19.6 Å². The normalized spacial score (nSPS) is 30.7. The molecule has 1 aromatic heterocycles. The number of aryl methyl sites for hydroxylation is 1. The minimum absolute atomic E-state index is 0.0973. The number of imidazole rings is 1. The zero-order valence-corrected chi connectivity index (χ0v) is 16.2. The zero-order valence-electron chi connectivity index (χ0n) is 15.4. The Morgan fingerprint density at radius 3 is 2.84 bits per heavy atom. The summed E-state index contributed by atoms with van der Waals surface area (Å²) in [7, 11) is 2.05. The largest absolute Gasteiger partial charge is 0.320 e. The SMILES string of the molecule is CCCCCCN1C(Cl)=NC(NC2CC3CCC2C3)c2ncn(C)c21. The first-order valence-electron chi connectivity index (χ1n) is 9.95. The van der Waals surface area contributed by atoms with Gasteiger partial charge in [-0.2, -0.15) is 0 Å². The van der Waals surface area contributed by atoms with Crippen molar-refractivity contribution in [2.45, 2.75) is 70.5 Å². The van der Waals surface area contributed by atoms with Crippen LogP contribution < -0.4 is 10.2 Å². The van der Waals surface area contributed by atoms with Crippen molar-refractivity contribution in [2.75, 3.05) is 11.4 Å². The van der Waals surface area contributed by atoms with E-state index in [0.29, 0.717) is 11.3 Å². The number of aromatic nitrogens is 2. The van der Waals surface area contributed by atoms with Crippen LogP contribution >= 0.6 is 11.6 Å². The number of fused-ring (bicyclic) bond motifs is 3. The molecule has 0 aromatic carbocycles. The van der Waals surface area contributed by atoms with Gasteiger partial charge in [-0.05, 0) is 49.1 Å². The quantitative estimate of drug-likeness (QED) is 0.583. The van der Waals surface area contributed by atoms with Gasteiger partial charge in [0.05, 0.1) is 6.33 Å². The zero-order chi connectivity index (χ0) is 17.4. The molecule has 4 atom stereocenters. The van der Waals surface area contributed by atoms with Crippen molar-refractivity contribution >= 4 is 22.7 Å². The minimum Gasteiger partial charge on any atom is -0.320 e. The second-order valence-corrected chi connectivity index (χ2v) is 8.36. The highest BCUT2D eigenvalue weighted by Crippen LogP contribution is 2.45. The fourth-order valence-corrected chi connectivity index (χ4v) is 5.21. The molecule has 2 bridgehead atoms. The van der Waals surface area contributed by atoms with Gasteiger partial charge >= 0.3 is 0 Å². The lowest BCUT2D eigenvalue weighted by molar-refractivity contribution is 0.320. The Kier molecular flexibility index (Phi) is 5.05. The summed E-state index contributed by atoms with van der Waals surface area (Å²) in [6.45, 7) is 3.15. The van der Waals surface area contributed by atoms with Crippen molar-refractivity contribution in [2.24, 2.45) is 23.9 Å². The van der Waals surface area contributed by atoms with Crippen LogP contribution in [0.15, 0.2) is 11.3 Å². The number of hydrogen-bond donors (Lipinski definition) is 1. The average Bonchev–Trinajstić information content (AvgIpc) is 3.30. The Hall–Kier alpha value is -1.07. The second kappa shape index (κ2) is 7.28. The third kappa shape index (κ3) is 3.33. The lowest BCUT2D eigenvalue weighted by atomic mass is 9.95. The number of unbranched alkanes of at least 4 members (excludes halogenated alkanes) is 3. The Bertz CT molecular complexity index is 640. The van der Waals surface area contributed by atoms with E-state index in [1.165, 1.54) is 44.9 Å². The van der Waals surface area contributed by atoms with Crippen molar-refractivity contribution in [3.63, 3.8) is 0 Å². The highest BCUT2D eigenvalue weighted by molar-refractivity contribution is 6.68. The van der Waals surface area contributed by atoms with Crippen LogP contribution in [0.4, 0.5) is 5.82 Å². The number of amidine groups is 1.